The summed E-state index contributed by atoms with van der Waals surface area (Å²) in [4.78, 5) is 81.5. The van der Waals surface area contributed by atoms with E-state index < -0.39 is 59.5 Å². The number of esters is 1. The highest BCUT2D eigenvalue weighted by molar-refractivity contribution is 5.96. The van der Waals surface area contributed by atoms with E-state index in [-0.39, 0.29) is 63.7 Å². The summed E-state index contributed by atoms with van der Waals surface area (Å²) in [5.74, 6) is -3.28. The molecule has 0 unspecified atom stereocenters. The number of piperazine rings is 1. The Balaban J connectivity index is 1.55. The van der Waals surface area contributed by atoms with Crippen LogP contribution in [0.1, 0.15) is 70.8 Å². The van der Waals surface area contributed by atoms with Gasteiger partial charge in [0.25, 0.3) is 11.8 Å². The number of aliphatic carboxylic acids is 1. The predicted octanol–water partition coefficient (Wildman–Crippen LogP) is 2.24. The fourth-order valence-electron chi connectivity index (χ4n) is 5.75. The maximum Gasteiger partial charge on any atom is 0.409 e. The van der Waals surface area contributed by atoms with E-state index in [0.29, 0.717) is 18.5 Å². The van der Waals surface area contributed by atoms with E-state index in [0.717, 1.165) is 0 Å². The number of likely N-dealkylation sites (tertiary alicyclic amines) is 1. The van der Waals surface area contributed by atoms with Gasteiger partial charge in [-0.3, -0.25) is 19.2 Å². The standard InChI is InChI=1S/C34H46N6O10/c1-6-48-33(47)38-19-17-37(18-20-38)31(44)24(14-15-28(41)50-34(3,4)5)35-29(42)25-21-27(40(36-25)23-11-8-7-9-12-23)49-22(2)30(43)39-16-10-13-26(39)32(45)46/h7-9,11-12,21-22,24,26H,6,10,13-20H2,1-5H3,(H,35,42)(H,45,46)/t22-,24-,26-/m0/s1. The SMILES string of the molecule is CCOC(=O)N1CCN(C(=O)[C@H](CCC(=O)OC(C)(C)C)NC(=O)c2cc(O[C@@H](C)C(=O)N3CCC[C@H]3C(=O)O)n(-c3ccccc3)n2)CC1. The minimum absolute atomic E-state index is 0.0417. The third-order valence-corrected chi connectivity index (χ3v) is 8.15. The van der Waals surface area contributed by atoms with Crippen LogP contribution >= 0.6 is 0 Å². The number of nitrogens with zero attached hydrogens (tertiary/aromatic N) is 5. The second-order valence-electron chi connectivity index (χ2n) is 13.1. The number of para-hydroxylation sites is 1. The Bertz CT molecular complexity index is 1550. The summed E-state index contributed by atoms with van der Waals surface area (Å²) >= 11 is 0. The van der Waals surface area contributed by atoms with Gasteiger partial charge in [0.2, 0.25) is 11.8 Å². The van der Waals surface area contributed by atoms with Gasteiger partial charge in [-0.05, 0) is 66.0 Å². The molecule has 2 aliphatic rings. The zero-order chi connectivity index (χ0) is 36.6. The summed E-state index contributed by atoms with van der Waals surface area (Å²) in [6, 6.07) is 7.98. The van der Waals surface area contributed by atoms with Crippen LogP contribution in [0.2, 0.25) is 0 Å². The van der Waals surface area contributed by atoms with Gasteiger partial charge < -0.3 is 39.3 Å². The minimum atomic E-state index is -1.14. The number of rotatable bonds is 12. The van der Waals surface area contributed by atoms with Crippen molar-refractivity contribution in [2.45, 2.75) is 84.1 Å². The first-order valence-corrected chi connectivity index (χ1v) is 16.8. The molecule has 3 atom stereocenters. The van der Waals surface area contributed by atoms with Gasteiger partial charge in [-0.15, -0.1) is 0 Å². The van der Waals surface area contributed by atoms with Crippen LogP contribution in [0.5, 0.6) is 5.88 Å². The number of carbonyl (C=O) groups is 6. The van der Waals surface area contributed by atoms with Gasteiger partial charge in [-0.1, -0.05) is 18.2 Å². The number of benzene rings is 1. The Morgan fingerprint density at radius 1 is 0.980 bits per heavy atom. The van der Waals surface area contributed by atoms with Crippen molar-refractivity contribution in [3.8, 4) is 11.6 Å². The number of hydrogen-bond acceptors (Lipinski definition) is 10. The number of carbonyl (C=O) groups excluding carboxylic acids is 5. The van der Waals surface area contributed by atoms with E-state index in [1.165, 1.54) is 32.4 Å². The summed E-state index contributed by atoms with van der Waals surface area (Å²) in [6.07, 6.45) is -0.907. The minimum Gasteiger partial charge on any atom is -0.480 e. The summed E-state index contributed by atoms with van der Waals surface area (Å²) in [5, 5.41) is 16.7. The van der Waals surface area contributed by atoms with Crippen molar-refractivity contribution in [2.24, 2.45) is 0 Å². The average molecular weight is 699 g/mol. The van der Waals surface area contributed by atoms with Crippen LogP contribution in [0, 0.1) is 0 Å². The maximum absolute atomic E-state index is 13.8. The topological polar surface area (TPSA) is 190 Å². The maximum atomic E-state index is 13.8. The monoisotopic (exact) mass is 698 g/mol. The fourth-order valence-corrected chi connectivity index (χ4v) is 5.75. The summed E-state index contributed by atoms with van der Waals surface area (Å²) < 4.78 is 17.8. The molecule has 0 spiro atoms. The third-order valence-electron chi connectivity index (χ3n) is 8.15. The lowest BCUT2D eigenvalue weighted by Gasteiger charge is -2.36. The van der Waals surface area contributed by atoms with Gasteiger partial charge in [0.15, 0.2) is 11.8 Å². The molecule has 0 saturated carbocycles. The van der Waals surface area contributed by atoms with Crippen molar-refractivity contribution in [1.82, 2.24) is 29.8 Å². The molecule has 2 saturated heterocycles. The van der Waals surface area contributed by atoms with E-state index in [4.69, 9.17) is 14.2 Å². The smallest absolute Gasteiger partial charge is 0.409 e. The van der Waals surface area contributed by atoms with Crippen LogP contribution in [-0.4, -0.2) is 128 Å². The van der Waals surface area contributed by atoms with Crippen molar-refractivity contribution in [1.29, 1.82) is 0 Å². The molecule has 16 nitrogen and oxygen atoms in total. The number of carboxylic acids is 1. The van der Waals surface area contributed by atoms with Gasteiger partial charge in [-0.25, -0.2) is 14.3 Å². The van der Waals surface area contributed by atoms with Crippen molar-refractivity contribution in [3.05, 3.63) is 42.1 Å². The fraction of sp³-hybridized carbons (Fsp3) is 0.559. The second kappa shape index (κ2) is 16.5. The van der Waals surface area contributed by atoms with Crippen molar-refractivity contribution in [3.63, 3.8) is 0 Å². The van der Waals surface area contributed by atoms with E-state index in [9.17, 15) is 33.9 Å². The molecule has 0 bridgehead atoms. The number of ether oxygens (including phenoxy) is 3. The third kappa shape index (κ3) is 9.72. The van der Waals surface area contributed by atoms with Crippen LogP contribution < -0.4 is 10.1 Å². The van der Waals surface area contributed by atoms with E-state index in [2.05, 4.69) is 10.4 Å². The molecule has 2 aliphatic heterocycles. The highest BCUT2D eigenvalue weighted by Crippen LogP contribution is 2.24. The highest BCUT2D eigenvalue weighted by Gasteiger charge is 2.37. The van der Waals surface area contributed by atoms with Crippen molar-refractivity contribution < 1.29 is 48.1 Å². The zero-order valence-corrected chi connectivity index (χ0v) is 29.1. The van der Waals surface area contributed by atoms with E-state index in [1.807, 2.05) is 0 Å². The summed E-state index contributed by atoms with van der Waals surface area (Å²) in [7, 11) is 0. The van der Waals surface area contributed by atoms with Crippen LogP contribution in [0.3, 0.4) is 0 Å². The lowest BCUT2D eigenvalue weighted by atomic mass is 10.1. The van der Waals surface area contributed by atoms with Crippen LogP contribution in [-0.2, 0) is 28.7 Å². The Hall–Kier alpha value is -5.15. The Labute approximate surface area is 290 Å². The average Bonchev–Trinajstić information content (AvgIpc) is 3.74. The number of amides is 4. The van der Waals surface area contributed by atoms with Gasteiger partial charge in [0, 0.05) is 45.2 Å². The first-order valence-electron chi connectivity index (χ1n) is 16.8. The normalized spacial score (nSPS) is 17.5. The number of aromatic nitrogens is 2. The first kappa shape index (κ1) is 37.7. The van der Waals surface area contributed by atoms with E-state index in [1.54, 1.807) is 58.0 Å². The molecule has 4 amide bonds. The second-order valence-corrected chi connectivity index (χ2v) is 13.1. The highest BCUT2D eigenvalue weighted by atomic mass is 16.6. The van der Waals surface area contributed by atoms with E-state index >= 15 is 0 Å². The Kier molecular flexibility index (Phi) is 12.4. The Morgan fingerprint density at radius 3 is 2.26 bits per heavy atom. The molecule has 2 fully saturated rings. The molecule has 1 aromatic heterocycles. The van der Waals surface area contributed by atoms with Crippen molar-refractivity contribution >= 4 is 35.8 Å². The summed E-state index contributed by atoms with van der Waals surface area (Å²) in [6.45, 7) is 9.76. The number of nitrogens with one attached hydrogen (secondary N) is 1. The zero-order valence-electron chi connectivity index (χ0n) is 29.1. The largest absolute Gasteiger partial charge is 0.480 e. The number of hydrogen-bond donors (Lipinski definition) is 2. The molecule has 0 radical (unpaired) electrons. The lowest BCUT2D eigenvalue weighted by molar-refractivity contribution is -0.155. The van der Waals surface area contributed by atoms with Crippen LogP contribution in [0.4, 0.5) is 4.79 Å². The molecule has 2 aromatic rings. The predicted molar refractivity (Wildman–Crippen MR) is 178 cm³/mol. The molecule has 3 heterocycles. The quantitative estimate of drug-likeness (QED) is 0.309. The molecule has 50 heavy (non-hydrogen) atoms. The van der Waals surface area contributed by atoms with Crippen LogP contribution in [0.15, 0.2) is 36.4 Å². The van der Waals surface area contributed by atoms with Crippen molar-refractivity contribution in [2.75, 3.05) is 39.3 Å². The lowest BCUT2D eigenvalue weighted by Crippen LogP contribution is -2.56. The van der Waals surface area contributed by atoms with Crippen LogP contribution in [0.25, 0.3) is 5.69 Å². The molecular formula is C34H46N6O10. The summed E-state index contributed by atoms with van der Waals surface area (Å²) in [5.41, 5.74) is -0.357. The van der Waals surface area contributed by atoms with Gasteiger partial charge in [-0.2, -0.15) is 5.10 Å². The molecule has 2 N–H and O–H groups in total. The Morgan fingerprint density at radius 2 is 1.64 bits per heavy atom. The molecule has 4 rings (SSSR count). The van der Waals surface area contributed by atoms with Gasteiger partial charge in [0.1, 0.15) is 17.7 Å². The van der Waals surface area contributed by atoms with Gasteiger partial charge >= 0.3 is 18.0 Å². The molecular weight excluding hydrogens is 652 g/mol. The first-order chi connectivity index (χ1) is 23.7. The van der Waals surface area contributed by atoms with Gasteiger partial charge in [0.05, 0.1) is 12.3 Å². The molecule has 16 heteroatoms. The molecule has 272 valence electrons. The molecule has 1 aromatic carbocycles. The number of carboxylic acid groups (broad SMARTS) is 1. The molecule has 0 aliphatic carbocycles.